The molecule has 13 heavy (non-hydrogen) atoms. The van der Waals surface area contributed by atoms with Crippen LogP contribution in [0.2, 0.25) is 0 Å². The second-order valence-corrected chi connectivity index (χ2v) is 3.92. The van der Waals surface area contributed by atoms with Gasteiger partial charge < -0.3 is 10.1 Å². The molecule has 1 aliphatic carbocycles. The molecule has 0 amide bonds. The summed E-state index contributed by atoms with van der Waals surface area (Å²) in [5.74, 6) is 1.68. The van der Waals surface area contributed by atoms with Gasteiger partial charge in [0.15, 0.2) is 5.75 Å². The van der Waals surface area contributed by atoms with E-state index in [1.54, 1.807) is 6.20 Å². The molecule has 1 aliphatic rings. The largest absolute Gasteiger partial charge is 0.488 e. The van der Waals surface area contributed by atoms with Gasteiger partial charge in [-0.1, -0.05) is 0 Å². The fourth-order valence-electron chi connectivity index (χ4n) is 1.01. The zero-order valence-electron chi connectivity index (χ0n) is 7.38. The third-order valence-corrected chi connectivity index (χ3v) is 2.51. The van der Waals surface area contributed by atoms with Crippen LogP contribution in [0.4, 0.5) is 5.82 Å². The van der Waals surface area contributed by atoms with Crippen LogP contribution in [0.3, 0.4) is 0 Å². The number of halogens is 1. The molecular weight excluding hydrogens is 232 g/mol. The highest BCUT2D eigenvalue weighted by Gasteiger charge is 2.24. The molecule has 4 heteroatoms. The smallest absolute Gasteiger partial charge is 0.152 e. The van der Waals surface area contributed by atoms with Gasteiger partial charge in [0, 0.05) is 7.05 Å². The standard InChI is InChI=1S/C9H11BrN2O/c1-11-9-4-7(10)8(5-12-9)13-6-2-3-6/h4-6H,2-3H2,1H3,(H,11,12). The maximum atomic E-state index is 5.62. The maximum absolute atomic E-state index is 5.62. The monoisotopic (exact) mass is 242 g/mol. The van der Waals surface area contributed by atoms with Gasteiger partial charge in [0.25, 0.3) is 0 Å². The van der Waals surface area contributed by atoms with Crippen molar-refractivity contribution >= 4 is 21.7 Å². The van der Waals surface area contributed by atoms with Gasteiger partial charge in [-0.25, -0.2) is 4.98 Å². The topological polar surface area (TPSA) is 34.1 Å². The third kappa shape index (κ3) is 2.12. The number of nitrogens with one attached hydrogen (secondary N) is 1. The number of hydrogen-bond acceptors (Lipinski definition) is 3. The molecule has 0 radical (unpaired) electrons. The second kappa shape index (κ2) is 3.54. The lowest BCUT2D eigenvalue weighted by molar-refractivity contribution is 0.300. The summed E-state index contributed by atoms with van der Waals surface area (Å²) in [7, 11) is 1.84. The summed E-state index contributed by atoms with van der Waals surface area (Å²) in [6.07, 6.45) is 4.49. The van der Waals surface area contributed by atoms with E-state index in [9.17, 15) is 0 Å². The van der Waals surface area contributed by atoms with Gasteiger partial charge in [0.1, 0.15) is 5.82 Å². The van der Waals surface area contributed by atoms with E-state index in [0.717, 1.165) is 16.0 Å². The van der Waals surface area contributed by atoms with Gasteiger partial charge >= 0.3 is 0 Å². The molecule has 1 saturated carbocycles. The van der Waals surface area contributed by atoms with E-state index in [0.29, 0.717) is 6.10 Å². The molecule has 1 aromatic heterocycles. The lowest BCUT2D eigenvalue weighted by Crippen LogP contribution is -1.99. The minimum atomic E-state index is 0.415. The van der Waals surface area contributed by atoms with Crippen molar-refractivity contribution in [3.63, 3.8) is 0 Å². The number of rotatable bonds is 3. The molecule has 1 heterocycles. The molecule has 0 spiro atoms. The highest BCUT2D eigenvalue weighted by Crippen LogP contribution is 2.32. The Hall–Kier alpha value is -0.770. The minimum absolute atomic E-state index is 0.415. The van der Waals surface area contributed by atoms with Crippen LogP contribution >= 0.6 is 15.9 Å². The number of nitrogens with zero attached hydrogens (tertiary/aromatic N) is 1. The third-order valence-electron chi connectivity index (χ3n) is 1.89. The summed E-state index contributed by atoms with van der Waals surface area (Å²) in [5, 5.41) is 2.97. The number of ether oxygens (including phenoxy) is 1. The minimum Gasteiger partial charge on any atom is -0.488 e. The second-order valence-electron chi connectivity index (χ2n) is 3.07. The molecule has 1 N–H and O–H groups in total. The molecule has 0 atom stereocenters. The predicted octanol–water partition coefficient (Wildman–Crippen LogP) is 2.43. The Morgan fingerprint density at radius 1 is 1.62 bits per heavy atom. The Kier molecular flexibility index (Phi) is 2.40. The van der Waals surface area contributed by atoms with Crippen molar-refractivity contribution in [2.75, 3.05) is 12.4 Å². The summed E-state index contributed by atoms with van der Waals surface area (Å²) in [6.45, 7) is 0. The van der Waals surface area contributed by atoms with Crippen LogP contribution in [0.15, 0.2) is 16.7 Å². The highest BCUT2D eigenvalue weighted by atomic mass is 79.9. The van der Waals surface area contributed by atoms with E-state index >= 15 is 0 Å². The molecule has 0 saturated heterocycles. The first kappa shape index (κ1) is 8.81. The zero-order valence-corrected chi connectivity index (χ0v) is 8.97. The van der Waals surface area contributed by atoms with Crippen molar-refractivity contribution in [3.05, 3.63) is 16.7 Å². The number of anilines is 1. The normalized spacial score (nSPS) is 15.5. The zero-order chi connectivity index (χ0) is 9.26. The number of aromatic nitrogens is 1. The fraction of sp³-hybridized carbons (Fsp3) is 0.444. The summed E-state index contributed by atoms with van der Waals surface area (Å²) >= 11 is 3.44. The molecule has 3 nitrogen and oxygen atoms in total. The lowest BCUT2D eigenvalue weighted by atomic mass is 10.4. The van der Waals surface area contributed by atoms with Crippen LogP contribution in [-0.2, 0) is 0 Å². The van der Waals surface area contributed by atoms with E-state index in [2.05, 4.69) is 26.2 Å². The molecule has 70 valence electrons. The van der Waals surface area contributed by atoms with Gasteiger partial charge in [-0.05, 0) is 34.8 Å². The Balaban J connectivity index is 2.15. The van der Waals surface area contributed by atoms with Gasteiger partial charge in [-0.15, -0.1) is 0 Å². The average molecular weight is 243 g/mol. The van der Waals surface area contributed by atoms with Crippen molar-refractivity contribution in [2.24, 2.45) is 0 Å². The molecule has 0 aromatic carbocycles. The van der Waals surface area contributed by atoms with E-state index < -0.39 is 0 Å². The number of pyridine rings is 1. The maximum Gasteiger partial charge on any atom is 0.152 e. The van der Waals surface area contributed by atoms with E-state index in [4.69, 9.17) is 4.74 Å². The fourth-order valence-corrected chi connectivity index (χ4v) is 1.42. The van der Waals surface area contributed by atoms with Crippen molar-refractivity contribution in [1.29, 1.82) is 0 Å². The van der Waals surface area contributed by atoms with Gasteiger partial charge in [-0.2, -0.15) is 0 Å². The van der Waals surface area contributed by atoms with E-state index in [1.165, 1.54) is 12.8 Å². The predicted molar refractivity (Wildman–Crippen MR) is 55.1 cm³/mol. The number of hydrogen-bond donors (Lipinski definition) is 1. The van der Waals surface area contributed by atoms with Crippen LogP contribution in [-0.4, -0.2) is 18.1 Å². The van der Waals surface area contributed by atoms with Crippen LogP contribution in [0.25, 0.3) is 0 Å². The van der Waals surface area contributed by atoms with Crippen LogP contribution in [0.5, 0.6) is 5.75 Å². The molecule has 1 fully saturated rings. The van der Waals surface area contributed by atoms with Gasteiger partial charge in [-0.3, -0.25) is 0 Å². The van der Waals surface area contributed by atoms with E-state index in [1.807, 2.05) is 13.1 Å². The average Bonchev–Trinajstić information content (AvgIpc) is 2.92. The van der Waals surface area contributed by atoms with Crippen molar-refractivity contribution in [2.45, 2.75) is 18.9 Å². The molecule has 0 bridgehead atoms. The van der Waals surface area contributed by atoms with Crippen LogP contribution < -0.4 is 10.1 Å². The summed E-state index contributed by atoms with van der Waals surface area (Å²) in [5.41, 5.74) is 0. The first-order chi connectivity index (χ1) is 6.29. The Morgan fingerprint density at radius 3 is 2.92 bits per heavy atom. The molecule has 0 unspecified atom stereocenters. The van der Waals surface area contributed by atoms with Gasteiger partial charge in [0.05, 0.1) is 16.8 Å². The van der Waals surface area contributed by atoms with Crippen molar-refractivity contribution < 1.29 is 4.74 Å². The lowest BCUT2D eigenvalue weighted by Gasteiger charge is -2.07. The first-order valence-corrected chi connectivity index (χ1v) is 5.09. The Morgan fingerprint density at radius 2 is 2.38 bits per heavy atom. The summed E-state index contributed by atoms with van der Waals surface area (Å²) in [6, 6.07) is 1.91. The molecular formula is C9H11BrN2O. The molecule has 0 aliphatic heterocycles. The Bertz CT molecular complexity index is 312. The van der Waals surface area contributed by atoms with Crippen LogP contribution in [0.1, 0.15) is 12.8 Å². The van der Waals surface area contributed by atoms with E-state index in [-0.39, 0.29) is 0 Å². The Labute approximate surface area is 85.6 Å². The van der Waals surface area contributed by atoms with Crippen LogP contribution in [0, 0.1) is 0 Å². The van der Waals surface area contributed by atoms with Crippen molar-refractivity contribution in [1.82, 2.24) is 4.98 Å². The quantitative estimate of drug-likeness (QED) is 0.885. The molecule has 2 rings (SSSR count). The summed E-state index contributed by atoms with van der Waals surface area (Å²) < 4.78 is 6.58. The molecule has 1 aromatic rings. The summed E-state index contributed by atoms with van der Waals surface area (Å²) in [4.78, 5) is 4.17. The first-order valence-electron chi connectivity index (χ1n) is 4.29. The SMILES string of the molecule is CNc1cc(Br)c(OC2CC2)cn1. The van der Waals surface area contributed by atoms with Crippen molar-refractivity contribution in [3.8, 4) is 5.75 Å². The highest BCUT2D eigenvalue weighted by molar-refractivity contribution is 9.10. The van der Waals surface area contributed by atoms with Gasteiger partial charge in [0.2, 0.25) is 0 Å².